The maximum Gasteiger partial charge on any atom is 0.243 e. The number of thioether (sulfide) groups is 1. The Morgan fingerprint density at radius 1 is 1.05 bits per heavy atom. The summed E-state index contributed by atoms with van der Waals surface area (Å²) in [7, 11) is 0. The highest BCUT2D eigenvalue weighted by Crippen LogP contribution is 2.26. The molecule has 0 N–H and O–H groups in total. The van der Waals surface area contributed by atoms with Crippen LogP contribution in [0.2, 0.25) is 0 Å². The molecule has 2 fully saturated rings. The van der Waals surface area contributed by atoms with E-state index in [2.05, 4.69) is 10.2 Å². The van der Waals surface area contributed by atoms with Crippen molar-refractivity contribution in [2.75, 3.05) is 10.7 Å². The molecule has 1 aromatic rings. The Labute approximate surface area is 116 Å². The van der Waals surface area contributed by atoms with Gasteiger partial charge in [-0.1, -0.05) is 30.0 Å². The molecule has 0 unspecified atom stereocenters. The van der Waals surface area contributed by atoms with Gasteiger partial charge in [0.15, 0.2) is 5.17 Å². The van der Waals surface area contributed by atoms with Gasteiger partial charge in [-0.2, -0.15) is 5.10 Å². The van der Waals surface area contributed by atoms with Crippen molar-refractivity contribution in [2.45, 2.75) is 25.7 Å². The highest BCUT2D eigenvalue weighted by molar-refractivity contribution is 8.15. The summed E-state index contributed by atoms with van der Waals surface area (Å²) in [5.41, 5.74) is 2.02. The summed E-state index contributed by atoms with van der Waals surface area (Å²) >= 11 is 1.46. The topological polar surface area (TPSA) is 45.0 Å². The van der Waals surface area contributed by atoms with Crippen molar-refractivity contribution in [2.24, 2.45) is 10.2 Å². The van der Waals surface area contributed by atoms with Gasteiger partial charge in [0, 0.05) is 5.71 Å². The molecule has 19 heavy (non-hydrogen) atoms. The van der Waals surface area contributed by atoms with Crippen LogP contribution in [0.4, 0.5) is 5.69 Å². The molecule has 3 rings (SSSR count). The molecule has 5 heteroatoms. The fraction of sp³-hybridized carbons (Fsp3) is 0.357. The summed E-state index contributed by atoms with van der Waals surface area (Å²) in [4.78, 5) is 13.6. The minimum Gasteiger partial charge on any atom is -0.273 e. The van der Waals surface area contributed by atoms with Gasteiger partial charge in [0.25, 0.3) is 0 Å². The van der Waals surface area contributed by atoms with Crippen LogP contribution in [0.25, 0.3) is 0 Å². The number of anilines is 1. The second-order valence-corrected chi connectivity index (χ2v) is 5.55. The van der Waals surface area contributed by atoms with E-state index in [1.165, 1.54) is 24.6 Å². The molecule has 1 aliphatic heterocycles. The number of carbonyl (C=O) groups excluding carboxylic acids is 1. The van der Waals surface area contributed by atoms with Gasteiger partial charge < -0.3 is 0 Å². The van der Waals surface area contributed by atoms with E-state index in [1.807, 2.05) is 30.3 Å². The average Bonchev–Trinajstić information content (AvgIpc) is 3.07. The lowest BCUT2D eigenvalue weighted by Crippen LogP contribution is -2.28. The first-order valence-corrected chi connectivity index (χ1v) is 7.47. The molecule has 0 spiro atoms. The molecule has 1 saturated carbocycles. The van der Waals surface area contributed by atoms with Gasteiger partial charge in [0.1, 0.15) is 0 Å². The van der Waals surface area contributed by atoms with Crippen LogP contribution >= 0.6 is 11.8 Å². The van der Waals surface area contributed by atoms with Crippen molar-refractivity contribution in [3.63, 3.8) is 0 Å². The van der Waals surface area contributed by atoms with Gasteiger partial charge in [0.05, 0.1) is 11.4 Å². The number of amidine groups is 1. The van der Waals surface area contributed by atoms with Crippen LogP contribution in [0.3, 0.4) is 0 Å². The van der Waals surface area contributed by atoms with E-state index >= 15 is 0 Å². The molecule has 1 heterocycles. The summed E-state index contributed by atoms with van der Waals surface area (Å²) in [6.07, 6.45) is 4.50. The van der Waals surface area contributed by atoms with Gasteiger partial charge >= 0.3 is 0 Å². The maximum absolute atomic E-state index is 12.0. The third kappa shape index (κ3) is 2.71. The van der Waals surface area contributed by atoms with Crippen LogP contribution in [0.5, 0.6) is 0 Å². The first kappa shape index (κ1) is 12.4. The first-order valence-electron chi connectivity index (χ1n) is 6.49. The normalized spacial score (nSPS) is 21.5. The first-order chi connectivity index (χ1) is 9.34. The lowest BCUT2D eigenvalue weighted by atomic mass is 10.3. The van der Waals surface area contributed by atoms with Crippen LogP contribution in [0, 0.1) is 0 Å². The molecule has 0 bridgehead atoms. The minimum absolute atomic E-state index is 0.0709. The highest BCUT2D eigenvalue weighted by Gasteiger charge is 2.29. The summed E-state index contributed by atoms with van der Waals surface area (Å²) < 4.78 is 0. The Morgan fingerprint density at radius 2 is 1.79 bits per heavy atom. The zero-order valence-electron chi connectivity index (χ0n) is 10.6. The van der Waals surface area contributed by atoms with Crippen LogP contribution in [0.1, 0.15) is 25.7 Å². The van der Waals surface area contributed by atoms with Crippen molar-refractivity contribution in [3.05, 3.63) is 30.3 Å². The zero-order valence-corrected chi connectivity index (χ0v) is 11.4. The van der Waals surface area contributed by atoms with Crippen LogP contribution < -0.4 is 4.90 Å². The molecule has 1 aliphatic carbocycles. The summed E-state index contributed by atoms with van der Waals surface area (Å²) in [6, 6.07) is 9.62. The summed E-state index contributed by atoms with van der Waals surface area (Å²) in [6.45, 7) is 0. The highest BCUT2D eigenvalue weighted by atomic mass is 32.2. The lowest BCUT2D eigenvalue weighted by Gasteiger charge is -2.14. The van der Waals surface area contributed by atoms with Gasteiger partial charge in [-0.05, 0) is 37.8 Å². The molecule has 0 aromatic heterocycles. The summed E-state index contributed by atoms with van der Waals surface area (Å²) in [5.74, 6) is 0.514. The monoisotopic (exact) mass is 273 g/mol. The van der Waals surface area contributed by atoms with E-state index < -0.39 is 0 Å². The lowest BCUT2D eigenvalue weighted by molar-refractivity contribution is -0.115. The number of rotatable bonds is 2. The van der Waals surface area contributed by atoms with E-state index in [9.17, 15) is 4.79 Å². The second kappa shape index (κ2) is 5.57. The molecule has 98 valence electrons. The van der Waals surface area contributed by atoms with E-state index in [1.54, 1.807) is 4.90 Å². The predicted octanol–water partition coefficient (Wildman–Crippen LogP) is 3.05. The summed E-state index contributed by atoms with van der Waals surface area (Å²) in [5, 5.41) is 9.28. The molecule has 0 radical (unpaired) electrons. The molecule has 1 amide bonds. The van der Waals surface area contributed by atoms with Crippen molar-refractivity contribution >= 4 is 34.2 Å². The average molecular weight is 273 g/mol. The molecule has 1 saturated heterocycles. The molecular formula is C14H15N3OS. The Hall–Kier alpha value is -1.62. The van der Waals surface area contributed by atoms with Crippen LogP contribution in [0.15, 0.2) is 40.5 Å². The number of para-hydroxylation sites is 1. The number of benzene rings is 1. The van der Waals surface area contributed by atoms with Crippen molar-refractivity contribution in [3.8, 4) is 0 Å². The smallest absolute Gasteiger partial charge is 0.243 e. The van der Waals surface area contributed by atoms with Gasteiger partial charge in [-0.15, -0.1) is 5.10 Å². The number of nitrogens with zero attached hydrogens (tertiary/aromatic N) is 3. The molecule has 2 aliphatic rings. The molecule has 4 nitrogen and oxygen atoms in total. The number of hydrogen-bond donors (Lipinski definition) is 0. The van der Waals surface area contributed by atoms with Gasteiger partial charge in [-0.25, -0.2) is 0 Å². The zero-order chi connectivity index (χ0) is 13.1. The Kier molecular flexibility index (Phi) is 3.64. The van der Waals surface area contributed by atoms with E-state index in [0.717, 1.165) is 24.2 Å². The second-order valence-electron chi connectivity index (χ2n) is 4.61. The van der Waals surface area contributed by atoms with E-state index in [-0.39, 0.29) is 5.91 Å². The molecular weight excluding hydrogens is 258 g/mol. The maximum atomic E-state index is 12.0. The fourth-order valence-corrected chi connectivity index (χ4v) is 3.08. The van der Waals surface area contributed by atoms with Crippen molar-refractivity contribution in [1.29, 1.82) is 0 Å². The Morgan fingerprint density at radius 3 is 2.53 bits per heavy atom. The van der Waals surface area contributed by atoms with Crippen molar-refractivity contribution in [1.82, 2.24) is 0 Å². The SMILES string of the molecule is O=C1CSC(=NN=C2CCCC2)N1c1ccccc1. The molecule has 0 atom stereocenters. The van der Waals surface area contributed by atoms with Gasteiger partial charge in [0.2, 0.25) is 5.91 Å². The van der Waals surface area contributed by atoms with Crippen LogP contribution in [-0.4, -0.2) is 22.5 Å². The third-order valence-electron chi connectivity index (χ3n) is 3.24. The largest absolute Gasteiger partial charge is 0.273 e. The number of carbonyl (C=O) groups is 1. The fourth-order valence-electron chi connectivity index (χ4n) is 2.26. The molecule has 1 aromatic carbocycles. The third-order valence-corrected chi connectivity index (χ3v) is 4.15. The van der Waals surface area contributed by atoms with E-state index in [4.69, 9.17) is 0 Å². The van der Waals surface area contributed by atoms with E-state index in [0.29, 0.717) is 10.9 Å². The quantitative estimate of drug-likeness (QED) is 0.777. The van der Waals surface area contributed by atoms with Crippen LogP contribution in [-0.2, 0) is 4.79 Å². The Balaban J connectivity index is 1.86. The standard InChI is InChI=1S/C14H15N3OS/c18-13-10-19-14(16-15-11-6-4-5-7-11)17(13)12-8-2-1-3-9-12/h1-3,8-9H,4-7,10H2. The number of amides is 1. The minimum atomic E-state index is 0.0709. The van der Waals surface area contributed by atoms with Crippen molar-refractivity contribution < 1.29 is 4.79 Å². The number of hydrogen-bond acceptors (Lipinski definition) is 4. The Bertz CT molecular complexity index is 531. The van der Waals surface area contributed by atoms with Gasteiger partial charge in [-0.3, -0.25) is 9.69 Å². The predicted molar refractivity (Wildman–Crippen MR) is 79.7 cm³/mol.